The predicted octanol–water partition coefficient (Wildman–Crippen LogP) is 2.23. The zero-order chi connectivity index (χ0) is 17.3. The van der Waals surface area contributed by atoms with E-state index in [0.717, 1.165) is 11.4 Å². The zero-order valence-electron chi connectivity index (χ0n) is 13.7. The lowest BCUT2D eigenvalue weighted by Gasteiger charge is -2.25. The van der Waals surface area contributed by atoms with Gasteiger partial charge in [-0.2, -0.15) is 0 Å². The van der Waals surface area contributed by atoms with Gasteiger partial charge in [-0.05, 0) is 36.2 Å². The summed E-state index contributed by atoms with van der Waals surface area (Å²) in [4.78, 5) is 20.6. The summed E-state index contributed by atoms with van der Waals surface area (Å²) in [6.45, 7) is 0.260. The van der Waals surface area contributed by atoms with Crippen LogP contribution in [0.3, 0.4) is 0 Å². The molecule has 1 aliphatic heterocycles. The zero-order valence-corrected chi connectivity index (χ0v) is 13.7. The van der Waals surface area contributed by atoms with Crippen molar-refractivity contribution in [2.24, 2.45) is 0 Å². The first kappa shape index (κ1) is 16.4. The summed E-state index contributed by atoms with van der Waals surface area (Å²) in [6, 6.07) is 9.31. The molecule has 1 aliphatic rings. The van der Waals surface area contributed by atoms with E-state index in [1.54, 1.807) is 35.4 Å². The molecular weight excluding hydrogens is 309 g/mol. The standard InChI is InChI=1S/C18H20FN3O2/c1-21(2)17-8-5-13(10-20-17)18(24)22-11-15(23)9-16(22)12-3-6-14(19)7-4-12/h3-8,10,15-16,23H,9,11H2,1-2H3/t15-,16+/m1/s1. The Labute approximate surface area is 140 Å². The molecule has 0 radical (unpaired) electrons. The average molecular weight is 329 g/mol. The number of aliphatic hydroxyl groups excluding tert-OH is 1. The fourth-order valence-electron chi connectivity index (χ4n) is 2.98. The molecule has 1 aromatic heterocycles. The fraction of sp³-hybridized carbons (Fsp3) is 0.333. The Morgan fingerprint density at radius 3 is 2.54 bits per heavy atom. The smallest absolute Gasteiger partial charge is 0.256 e. The SMILES string of the molecule is CN(C)c1ccc(C(=O)N2C[C@H](O)C[C@H]2c2ccc(F)cc2)cn1. The fourth-order valence-corrected chi connectivity index (χ4v) is 2.98. The summed E-state index contributed by atoms with van der Waals surface area (Å²) >= 11 is 0. The maximum Gasteiger partial charge on any atom is 0.256 e. The third-order valence-corrected chi connectivity index (χ3v) is 4.25. The number of likely N-dealkylation sites (tertiary alicyclic amines) is 1. The maximum atomic E-state index is 13.1. The number of hydrogen-bond acceptors (Lipinski definition) is 4. The number of carbonyl (C=O) groups excluding carboxylic acids is 1. The Balaban J connectivity index is 1.85. The quantitative estimate of drug-likeness (QED) is 0.938. The number of anilines is 1. The van der Waals surface area contributed by atoms with E-state index >= 15 is 0 Å². The van der Waals surface area contributed by atoms with Gasteiger partial charge in [0, 0.05) is 26.8 Å². The van der Waals surface area contributed by atoms with E-state index in [1.807, 2.05) is 19.0 Å². The number of aromatic nitrogens is 1. The van der Waals surface area contributed by atoms with Gasteiger partial charge in [-0.15, -0.1) is 0 Å². The van der Waals surface area contributed by atoms with Crippen molar-refractivity contribution in [2.45, 2.75) is 18.6 Å². The van der Waals surface area contributed by atoms with E-state index in [0.29, 0.717) is 12.0 Å². The van der Waals surface area contributed by atoms with Crippen LogP contribution in [-0.4, -0.2) is 47.6 Å². The van der Waals surface area contributed by atoms with Gasteiger partial charge in [0.05, 0.1) is 17.7 Å². The Kier molecular flexibility index (Phi) is 4.49. The van der Waals surface area contributed by atoms with Crippen LogP contribution in [0.4, 0.5) is 10.2 Å². The first-order valence-electron chi connectivity index (χ1n) is 7.83. The summed E-state index contributed by atoms with van der Waals surface area (Å²) in [5.74, 6) is 0.264. The Morgan fingerprint density at radius 1 is 1.25 bits per heavy atom. The number of halogens is 1. The number of hydrogen-bond donors (Lipinski definition) is 1. The number of aliphatic hydroxyl groups is 1. The molecule has 126 valence electrons. The summed E-state index contributed by atoms with van der Waals surface area (Å²) < 4.78 is 13.1. The molecule has 5 nitrogen and oxygen atoms in total. The van der Waals surface area contributed by atoms with E-state index in [2.05, 4.69) is 4.98 Å². The number of β-amino-alcohol motifs (C(OH)–C–C–N with tert-alkyl or cyclic N) is 1. The molecule has 2 heterocycles. The first-order chi connectivity index (χ1) is 11.5. The number of benzene rings is 1. The molecule has 1 amide bonds. The predicted molar refractivity (Wildman–Crippen MR) is 89.4 cm³/mol. The molecule has 6 heteroatoms. The van der Waals surface area contributed by atoms with Gasteiger partial charge < -0.3 is 14.9 Å². The van der Waals surface area contributed by atoms with Crippen molar-refractivity contribution < 1.29 is 14.3 Å². The minimum atomic E-state index is -0.585. The van der Waals surface area contributed by atoms with E-state index in [9.17, 15) is 14.3 Å². The minimum Gasteiger partial charge on any atom is -0.391 e. The van der Waals surface area contributed by atoms with Crippen LogP contribution in [0.1, 0.15) is 28.4 Å². The highest BCUT2D eigenvalue weighted by Crippen LogP contribution is 2.33. The number of carbonyl (C=O) groups is 1. The number of amides is 1. The maximum absolute atomic E-state index is 13.1. The molecule has 2 aromatic rings. The second-order valence-corrected chi connectivity index (χ2v) is 6.21. The van der Waals surface area contributed by atoms with Gasteiger partial charge >= 0.3 is 0 Å². The van der Waals surface area contributed by atoms with Gasteiger partial charge in [0.25, 0.3) is 5.91 Å². The molecule has 0 bridgehead atoms. The summed E-state index contributed by atoms with van der Waals surface area (Å²) in [5, 5.41) is 10.0. The third kappa shape index (κ3) is 3.23. The highest BCUT2D eigenvalue weighted by Gasteiger charge is 2.35. The molecule has 0 aliphatic carbocycles. The second kappa shape index (κ2) is 6.57. The van der Waals surface area contributed by atoms with Crippen molar-refractivity contribution in [2.75, 3.05) is 25.5 Å². The van der Waals surface area contributed by atoms with Gasteiger partial charge in [0.2, 0.25) is 0 Å². The molecule has 0 spiro atoms. The summed E-state index contributed by atoms with van der Waals surface area (Å²) in [5.41, 5.74) is 1.29. The lowest BCUT2D eigenvalue weighted by atomic mass is 10.0. The lowest BCUT2D eigenvalue weighted by Crippen LogP contribution is -2.32. The van der Waals surface area contributed by atoms with Crippen LogP contribution >= 0.6 is 0 Å². The van der Waals surface area contributed by atoms with Crippen LogP contribution in [0.5, 0.6) is 0 Å². The van der Waals surface area contributed by atoms with Gasteiger partial charge in [0.15, 0.2) is 0 Å². The van der Waals surface area contributed by atoms with Gasteiger partial charge in [-0.25, -0.2) is 9.37 Å². The van der Waals surface area contributed by atoms with Crippen molar-refractivity contribution in [3.63, 3.8) is 0 Å². The molecule has 3 rings (SSSR count). The molecule has 2 atom stereocenters. The highest BCUT2D eigenvalue weighted by molar-refractivity contribution is 5.94. The van der Waals surface area contributed by atoms with Crippen LogP contribution in [0.2, 0.25) is 0 Å². The van der Waals surface area contributed by atoms with Gasteiger partial charge in [-0.1, -0.05) is 12.1 Å². The Morgan fingerprint density at radius 2 is 1.96 bits per heavy atom. The average Bonchev–Trinajstić information content (AvgIpc) is 2.96. The Bertz CT molecular complexity index is 716. The molecule has 0 unspecified atom stereocenters. The molecule has 1 aromatic carbocycles. The van der Waals surface area contributed by atoms with Crippen molar-refractivity contribution in [1.29, 1.82) is 0 Å². The monoisotopic (exact) mass is 329 g/mol. The van der Waals surface area contributed by atoms with Crippen molar-refractivity contribution in [1.82, 2.24) is 9.88 Å². The summed E-state index contributed by atoms with van der Waals surface area (Å²) in [7, 11) is 3.76. The molecule has 0 saturated carbocycles. The van der Waals surface area contributed by atoms with E-state index in [-0.39, 0.29) is 24.3 Å². The molecule has 1 fully saturated rings. The first-order valence-corrected chi connectivity index (χ1v) is 7.83. The van der Waals surface area contributed by atoms with Crippen molar-refractivity contribution >= 4 is 11.7 Å². The minimum absolute atomic E-state index is 0.182. The largest absolute Gasteiger partial charge is 0.391 e. The van der Waals surface area contributed by atoms with E-state index in [4.69, 9.17) is 0 Å². The lowest BCUT2D eigenvalue weighted by molar-refractivity contribution is 0.0715. The topological polar surface area (TPSA) is 56.7 Å². The molecule has 1 N–H and O–H groups in total. The third-order valence-electron chi connectivity index (χ3n) is 4.25. The van der Waals surface area contributed by atoms with Crippen LogP contribution in [0.25, 0.3) is 0 Å². The van der Waals surface area contributed by atoms with Gasteiger partial charge in [0.1, 0.15) is 11.6 Å². The van der Waals surface area contributed by atoms with Crippen LogP contribution in [0.15, 0.2) is 42.6 Å². The molecule has 24 heavy (non-hydrogen) atoms. The van der Waals surface area contributed by atoms with Crippen molar-refractivity contribution in [3.05, 3.63) is 59.5 Å². The second-order valence-electron chi connectivity index (χ2n) is 6.21. The Hall–Kier alpha value is -2.47. The number of rotatable bonds is 3. The number of pyridine rings is 1. The van der Waals surface area contributed by atoms with E-state index < -0.39 is 6.10 Å². The van der Waals surface area contributed by atoms with Gasteiger partial charge in [-0.3, -0.25) is 4.79 Å². The summed E-state index contributed by atoms with van der Waals surface area (Å²) in [6.07, 6.45) is 1.41. The van der Waals surface area contributed by atoms with Crippen molar-refractivity contribution in [3.8, 4) is 0 Å². The normalized spacial score (nSPS) is 20.2. The van der Waals surface area contributed by atoms with Crippen LogP contribution in [0, 0.1) is 5.82 Å². The number of nitrogens with zero attached hydrogens (tertiary/aromatic N) is 3. The van der Waals surface area contributed by atoms with Crippen LogP contribution < -0.4 is 4.90 Å². The molecule has 1 saturated heterocycles. The molecular formula is C18H20FN3O2. The highest BCUT2D eigenvalue weighted by atomic mass is 19.1. The van der Waals surface area contributed by atoms with Crippen LogP contribution in [-0.2, 0) is 0 Å². The van der Waals surface area contributed by atoms with E-state index in [1.165, 1.54) is 12.1 Å².